The second-order valence-corrected chi connectivity index (χ2v) is 3.86. The maximum absolute atomic E-state index is 10.5. The fourth-order valence-electron chi connectivity index (χ4n) is 1.56. The number of nitrogens with zero attached hydrogens (tertiary/aromatic N) is 6. The Kier molecular flexibility index (Phi) is 14.7. The van der Waals surface area contributed by atoms with Gasteiger partial charge in [0.05, 0.1) is 26.2 Å². The molecule has 0 radical (unpaired) electrons. The predicted molar refractivity (Wildman–Crippen MR) is 69.3 cm³/mol. The number of hydrogen-bond acceptors (Lipinski definition) is 8. The Bertz CT molecular complexity index is 307. The van der Waals surface area contributed by atoms with Gasteiger partial charge in [-0.25, -0.2) is 0 Å². The van der Waals surface area contributed by atoms with E-state index in [0.29, 0.717) is 13.1 Å². The Hall–Kier alpha value is -1.08. The van der Waals surface area contributed by atoms with Gasteiger partial charge in [-0.1, -0.05) is 0 Å². The van der Waals surface area contributed by atoms with E-state index < -0.39 is 0 Å². The summed E-state index contributed by atoms with van der Waals surface area (Å²) in [5.41, 5.74) is 10.3. The summed E-state index contributed by atoms with van der Waals surface area (Å²) in [5, 5.41) is 47.2. The molecular weight excluding hydrogens is 295 g/mol. The standard InChI is InChI=1S/C4H13N5O2.C4H9N3O2.Na/c5-1-3-8(4-2-6)9(11)7-10;8-5-7(9)6-3-1-2-4-6;/h10H,1-6H2;8H,1-4H2;/q;;+1/p-2/b;7-5-;. The zero-order valence-electron chi connectivity index (χ0n) is 12.1. The van der Waals surface area contributed by atoms with Gasteiger partial charge in [0.2, 0.25) is 0 Å². The van der Waals surface area contributed by atoms with E-state index in [4.69, 9.17) is 11.5 Å². The van der Waals surface area contributed by atoms with E-state index in [1.165, 1.54) is 5.01 Å². The molecule has 0 aromatic heterocycles. The van der Waals surface area contributed by atoms with Gasteiger partial charge in [-0.05, 0) is 23.4 Å². The van der Waals surface area contributed by atoms with Crippen molar-refractivity contribution in [1.82, 2.24) is 10.0 Å². The van der Waals surface area contributed by atoms with Gasteiger partial charge in [-0.2, -0.15) is 0 Å². The van der Waals surface area contributed by atoms with Crippen LogP contribution in [0.3, 0.4) is 0 Å². The first kappa shape index (κ1) is 22.2. The van der Waals surface area contributed by atoms with Crippen molar-refractivity contribution in [3.05, 3.63) is 20.8 Å². The Morgan fingerprint density at radius 3 is 1.81 bits per heavy atom. The Morgan fingerprint density at radius 1 is 1.00 bits per heavy atom. The van der Waals surface area contributed by atoms with Crippen molar-refractivity contribution in [2.24, 2.45) is 22.0 Å². The third kappa shape index (κ3) is 9.47. The van der Waals surface area contributed by atoms with Crippen LogP contribution in [-0.4, -0.2) is 59.2 Å². The summed E-state index contributed by atoms with van der Waals surface area (Å²) < 4.78 is 0. The number of rotatable bonds is 6. The summed E-state index contributed by atoms with van der Waals surface area (Å²) in [5.74, 6) is 0. The normalized spacial score (nSPS) is 15.0. The Morgan fingerprint density at radius 2 is 1.48 bits per heavy atom. The third-order valence-electron chi connectivity index (χ3n) is 2.48. The van der Waals surface area contributed by atoms with Gasteiger partial charge < -0.3 is 32.3 Å². The minimum Gasteiger partial charge on any atom is -0.737 e. The first-order valence-electron chi connectivity index (χ1n) is 6.11. The topological polar surface area (TPSA) is 182 Å². The summed E-state index contributed by atoms with van der Waals surface area (Å²) in [6, 6.07) is 0. The van der Waals surface area contributed by atoms with Crippen LogP contribution in [0.5, 0.6) is 0 Å². The number of hydrogen-bond donors (Lipinski definition) is 2. The van der Waals surface area contributed by atoms with Crippen LogP contribution < -0.4 is 41.0 Å². The van der Waals surface area contributed by atoms with Gasteiger partial charge >= 0.3 is 29.6 Å². The third-order valence-corrected chi connectivity index (χ3v) is 2.48. The smallest absolute Gasteiger partial charge is 0.737 e. The molecule has 0 spiro atoms. The minimum atomic E-state index is -0.0419. The van der Waals surface area contributed by atoms with E-state index in [0.717, 1.165) is 17.9 Å². The molecule has 1 aliphatic heterocycles. The summed E-state index contributed by atoms with van der Waals surface area (Å²) in [6.45, 7) is 2.46. The molecule has 0 aromatic rings. The van der Waals surface area contributed by atoms with Crippen molar-refractivity contribution < 1.29 is 39.5 Å². The number of hydrazine groups is 2. The summed E-state index contributed by atoms with van der Waals surface area (Å²) in [6.07, 6.45) is 1.96. The van der Waals surface area contributed by atoms with Crippen molar-refractivity contribution in [2.75, 3.05) is 39.3 Å². The fourth-order valence-corrected chi connectivity index (χ4v) is 1.56. The van der Waals surface area contributed by atoms with E-state index in [1.54, 1.807) is 0 Å². The molecule has 0 amide bonds. The van der Waals surface area contributed by atoms with E-state index in [1.807, 2.05) is 0 Å². The molecule has 0 saturated carbocycles. The van der Waals surface area contributed by atoms with Gasteiger partial charge in [0.15, 0.2) is 0 Å². The molecule has 118 valence electrons. The molecule has 0 unspecified atom stereocenters. The van der Waals surface area contributed by atoms with Crippen molar-refractivity contribution in [2.45, 2.75) is 12.8 Å². The summed E-state index contributed by atoms with van der Waals surface area (Å²) in [4.78, 5) is 0.0761. The van der Waals surface area contributed by atoms with Crippen LogP contribution in [0, 0.1) is 20.8 Å². The zero-order valence-corrected chi connectivity index (χ0v) is 14.1. The van der Waals surface area contributed by atoms with Crippen molar-refractivity contribution in [1.29, 1.82) is 0 Å². The van der Waals surface area contributed by atoms with Crippen LogP contribution in [0.25, 0.3) is 0 Å². The first-order valence-corrected chi connectivity index (χ1v) is 6.11. The maximum atomic E-state index is 10.5. The van der Waals surface area contributed by atoms with E-state index >= 15 is 0 Å². The molecule has 4 N–H and O–H groups in total. The Labute approximate surface area is 144 Å². The molecule has 13 heteroatoms. The SMILES string of the molecule is NCCN(CCN)[N+]([O-])=N[O-].[Na+].[O-]/N=[N+](\[O-])N1CCCC1. The fraction of sp³-hybridized carbons (Fsp3) is 1.00. The second-order valence-electron chi connectivity index (χ2n) is 3.86. The molecule has 1 heterocycles. The molecule has 0 bridgehead atoms. The molecule has 1 saturated heterocycles. The van der Waals surface area contributed by atoms with Crippen LogP contribution in [0.15, 0.2) is 10.6 Å². The zero-order chi connectivity index (χ0) is 15.4. The Balaban J connectivity index is 0. The van der Waals surface area contributed by atoms with Crippen molar-refractivity contribution >= 4 is 0 Å². The largest absolute Gasteiger partial charge is 1.00 e. The number of nitrogens with two attached hydrogens (primary N) is 2. The molecule has 0 aliphatic carbocycles. The van der Waals surface area contributed by atoms with E-state index in [-0.39, 0.29) is 65.7 Å². The average molecular weight is 315 g/mol. The van der Waals surface area contributed by atoms with Crippen LogP contribution in [0.4, 0.5) is 0 Å². The monoisotopic (exact) mass is 315 g/mol. The quantitative estimate of drug-likeness (QED) is 0.215. The molecule has 0 atom stereocenters. The second kappa shape index (κ2) is 13.9. The minimum absolute atomic E-state index is 0. The molecule has 1 aliphatic rings. The average Bonchev–Trinajstić information content (AvgIpc) is 3.00. The van der Waals surface area contributed by atoms with Crippen LogP contribution >= 0.6 is 0 Å². The molecule has 0 aromatic carbocycles. The molecular formula is C8H20N8NaO4-. The molecule has 1 rings (SSSR count). The van der Waals surface area contributed by atoms with E-state index in [2.05, 4.69) is 10.6 Å². The van der Waals surface area contributed by atoms with Crippen molar-refractivity contribution in [3.63, 3.8) is 0 Å². The summed E-state index contributed by atoms with van der Waals surface area (Å²) >= 11 is 0. The first-order chi connectivity index (χ1) is 9.60. The van der Waals surface area contributed by atoms with Gasteiger partial charge in [-0.15, -0.1) is 10.0 Å². The molecule has 21 heavy (non-hydrogen) atoms. The molecule has 12 nitrogen and oxygen atoms in total. The summed E-state index contributed by atoms with van der Waals surface area (Å²) in [7, 11) is 0. The van der Waals surface area contributed by atoms with E-state index in [9.17, 15) is 20.8 Å². The van der Waals surface area contributed by atoms with Crippen LogP contribution in [-0.2, 0) is 0 Å². The van der Waals surface area contributed by atoms with Crippen LogP contribution in [0.2, 0.25) is 0 Å². The van der Waals surface area contributed by atoms with Gasteiger partial charge in [0, 0.05) is 23.0 Å². The maximum Gasteiger partial charge on any atom is 1.00 e. The molecule has 1 fully saturated rings. The van der Waals surface area contributed by atoms with Crippen molar-refractivity contribution in [3.8, 4) is 0 Å². The van der Waals surface area contributed by atoms with Gasteiger partial charge in [-0.3, -0.25) is 0 Å². The van der Waals surface area contributed by atoms with Gasteiger partial charge in [0.1, 0.15) is 0 Å². The van der Waals surface area contributed by atoms with Crippen LogP contribution in [0.1, 0.15) is 12.8 Å². The predicted octanol–water partition coefficient (Wildman–Crippen LogP) is -3.96. The van der Waals surface area contributed by atoms with Gasteiger partial charge in [0.25, 0.3) is 0 Å².